The summed E-state index contributed by atoms with van der Waals surface area (Å²) in [6, 6.07) is 47.6. The van der Waals surface area contributed by atoms with Crippen molar-refractivity contribution >= 4 is 43.6 Å². The molecule has 6 aromatic carbocycles. The van der Waals surface area contributed by atoms with E-state index in [9.17, 15) is 0 Å². The Balaban J connectivity index is 1.22. The molecular formula is C40H24N4O. The van der Waals surface area contributed by atoms with Crippen LogP contribution in [0.1, 0.15) is 0 Å². The average molecular weight is 577 g/mol. The molecule has 0 atom stereocenters. The van der Waals surface area contributed by atoms with E-state index in [-0.39, 0.29) is 0 Å². The molecule has 45 heavy (non-hydrogen) atoms. The third kappa shape index (κ3) is 4.33. The van der Waals surface area contributed by atoms with Crippen LogP contribution >= 0.6 is 0 Å². The van der Waals surface area contributed by atoms with E-state index in [1.807, 2.05) is 85.1 Å². The normalized spacial score (nSPS) is 11.6. The molecule has 0 fully saturated rings. The number of aromatic nitrogens is 4. The monoisotopic (exact) mass is 576 g/mol. The van der Waals surface area contributed by atoms with Crippen molar-refractivity contribution in [3.05, 3.63) is 146 Å². The Bertz CT molecular complexity index is 2480. The third-order valence-corrected chi connectivity index (χ3v) is 8.35. The van der Waals surface area contributed by atoms with Gasteiger partial charge in [-0.05, 0) is 46.2 Å². The summed E-state index contributed by atoms with van der Waals surface area (Å²) in [6.07, 6.45) is 1.81. The first-order chi connectivity index (χ1) is 22.3. The second-order valence-corrected chi connectivity index (χ2v) is 11.1. The lowest BCUT2D eigenvalue weighted by Crippen LogP contribution is -2.00. The molecule has 0 radical (unpaired) electrons. The highest BCUT2D eigenvalue weighted by molar-refractivity contribution is 6.15. The van der Waals surface area contributed by atoms with Crippen molar-refractivity contribution in [3.8, 4) is 45.3 Å². The highest BCUT2D eigenvalue weighted by Crippen LogP contribution is 2.39. The predicted octanol–water partition coefficient (Wildman–Crippen LogP) is 10.1. The molecule has 0 saturated carbocycles. The van der Waals surface area contributed by atoms with Gasteiger partial charge in [0, 0.05) is 45.1 Å². The summed E-state index contributed by atoms with van der Waals surface area (Å²) in [5, 5.41) is 5.46. The van der Waals surface area contributed by atoms with Gasteiger partial charge in [-0.25, -0.2) is 15.0 Å². The van der Waals surface area contributed by atoms with Gasteiger partial charge >= 0.3 is 0 Å². The zero-order valence-corrected chi connectivity index (χ0v) is 24.1. The molecule has 0 saturated heterocycles. The number of benzene rings is 6. The molecule has 9 rings (SSSR count). The summed E-state index contributed by atoms with van der Waals surface area (Å²) in [5.41, 5.74) is 7.72. The number of hydrogen-bond acceptors (Lipinski definition) is 5. The Morgan fingerprint density at radius 3 is 1.89 bits per heavy atom. The van der Waals surface area contributed by atoms with Gasteiger partial charge in [0.05, 0.1) is 5.52 Å². The summed E-state index contributed by atoms with van der Waals surface area (Å²) >= 11 is 0. The van der Waals surface area contributed by atoms with Gasteiger partial charge in [0.2, 0.25) is 0 Å². The van der Waals surface area contributed by atoms with Gasteiger partial charge in [0.1, 0.15) is 11.2 Å². The first-order valence-electron chi connectivity index (χ1n) is 14.9. The maximum atomic E-state index is 6.32. The molecule has 0 amide bonds. The topological polar surface area (TPSA) is 64.7 Å². The molecule has 0 spiro atoms. The number of furan rings is 1. The summed E-state index contributed by atoms with van der Waals surface area (Å²) in [7, 11) is 0. The van der Waals surface area contributed by atoms with Crippen LogP contribution in [-0.4, -0.2) is 19.9 Å². The smallest absolute Gasteiger partial charge is 0.164 e. The van der Waals surface area contributed by atoms with Gasteiger partial charge in [0.15, 0.2) is 17.5 Å². The van der Waals surface area contributed by atoms with Crippen LogP contribution in [0.2, 0.25) is 0 Å². The first-order valence-corrected chi connectivity index (χ1v) is 14.9. The Morgan fingerprint density at radius 1 is 0.422 bits per heavy atom. The van der Waals surface area contributed by atoms with Crippen molar-refractivity contribution in [1.82, 2.24) is 19.9 Å². The van der Waals surface area contributed by atoms with E-state index in [1.54, 1.807) is 0 Å². The van der Waals surface area contributed by atoms with Gasteiger partial charge in [-0.15, -0.1) is 0 Å². The van der Waals surface area contributed by atoms with E-state index >= 15 is 0 Å². The Hall–Kier alpha value is -6.20. The van der Waals surface area contributed by atoms with E-state index in [2.05, 4.69) is 65.6 Å². The molecule has 5 nitrogen and oxygen atoms in total. The minimum Gasteiger partial charge on any atom is -0.456 e. The zero-order valence-electron chi connectivity index (χ0n) is 24.1. The minimum absolute atomic E-state index is 0.643. The van der Waals surface area contributed by atoms with Crippen molar-refractivity contribution in [2.24, 2.45) is 0 Å². The zero-order chi connectivity index (χ0) is 29.7. The SMILES string of the molecule is c1ccc(-c2nc(-c3ccccc3)nc(-c3cccc4cc(-c5cccc6oc7cc8ncccc8cc7c56)ccc34)n2)cc1. The number of pyridine rings is 1. The summed E-state index contributed by atoms with van der Waals surface area (Å²) in [6.45, 7) is 0. The van der Waals surface area contributed by atoms with Crippen LogP contribution in [0, 0.1) is 0 Å². The van der Waals surface area contributed by atoms with E-state index in [0.717, 1.165) is 71.4 Å². The van der Waals surface area contributed by atoms with Crippen LogP contribution < -0.4 is 0 Å². The summed E-state index contributed by atoms with van der Waals surface area (Å²) < 4.78 is 6.32. The summed E-state index contributed by atoms with van der Waals surface area (Å²) in [5.74, 6) is 1.94. The van der Waals surface area contributed by atoms with Crippen molar-refractivity contribution in [2.45, 2.75) is 0 Å². The number of hydrogen-bond donors (Lipinski definition) is 0. The third-order valence-electron chi connectivity index (χ3n) is 8.35. The highest BCUT2D eigenvalue weighted by atomic mass is 16.3. The van der Waals surface area contributed by atoms with Gasteiger partial charge in [-0.1, -0.05) is 109 Å². The largest absolute Gasteiger partial charge is 0.456 e. The fourth-order valence-electron chi connectivity index (χ4n) is 6.21. The second-order valence-electron chi connectivity index (χ2n) is 11.1. The number of nitrogens with zero attached hydrogens (tertiary/aromatic N) is 4. The van der Waals surface area contributed by atoms with E-state index < -0.39 is 0 Å². The van der Waals surface area contributed by atoms with E-state index in [0.29, 0.717) is 17.5 Å². The Morgan fingerprint density at radius 2 is 1.11 bits per heavy atom. The van der Waals surface area contributed by atoms with Crippen molar-refractivity contribution in [3.63, 3.8) is 0 Å². The lowest BCUT2D eigenvalue weighted by Gasteiger charge is -2.11. The lowest BCUT2D eigenvalue weighted by atomic mass is 9.95. The highest BCUT2D eigenvalue weighted by Gasteiger charge is 2.17. The molecule has 0 aliphatic rings. The van der Waals surface area contributed by atoms with E-state index in [1.165, 1.54) is 0 Å². The molecule has 210 valence electrons. The molecule has 0 bridgehead atoms. The van der Waals surface area contributed by atoms with Crippen molar-refractivity contribution in [2.75, 3.05) is 0 Å². The molecular weight excluding hydrogens is 552 g/mol. The van der Waals surface area contributed by atoms with Crippen LogP contribution in [-0.2, 0) is 0 Å². The number of fused-ring (bicyclic) bond motifs is 5. The molecule has 0 unspecified atom stereocenters. The van der Waals surface area contributed by atoms with Crippen LogP contribution in [0.5, 0.6) is 0 Å². The van der Waals surface area contributed by atoms with Gasteiger partial charge < -0.3 is 4.42 Å². The first kappa shape index (κ1) is 25.3. The van der Waals surface area contributed by atoms with Crippen molar-refractivity contribution < 1.29 is 4.42 Å². The second kappa shape index (κ2) is 10.2. The summed E-state index contributed by atoms with van der Waals surface area (Å²) in [4.78, 5) is 19.4. The average Bonchev–Trinajstić information content (AvgIpc) is 3.48. The van der Waals surface area contributed by atoms with Crippen LogP contribution in [0.25, 0.3) is 88.9 Å². The van der Waals surface area contributed by atoms with Gasteiger partial charge in [-0.2, -0.15) is 0 Å². The van der Waals surface area contributed by atoms with Crippen LogP contribution in [0.4, 0.5) is 0 Å². The molecule has 3 aromatic heterocycles. The molecule has 0 aliphatic carbocycles. The molecule has 0 N–H and O–H groups in total. The number of rotatable bonds is 4. The van der Waals surface area contributed by atoms with Gasteiger partial charge in [-0.3, -0.25) is 4.98 Å². The van der Waals surface area contributed by atoms with Gasteiger partial charge in [0.25, 0.3) is 0 Å². The minimum atomic E-state index is 0.643. The molecule has 3 heterocycles. The molecule has 0 aliphatic heterocycles. The Kier molecular flexibility index (Phi) is 5.74. The lowest BCUT2D eigenvalue weighted by molar-refractivity contribution is 0.669. The molecule has 5 heteroatoms. The van der Waals surface area contributed by atoms with E-state index in [4.69, 9.17) is 19.4 Å². The predicted molar refractivity (Wildman–Crippen MR) is 182 cm³/mol. The van der Waals surface area contributed by atoms with Crippen molar-refractivity contribution in [1.29, 1.82) is 0 Å². The fourth-order valence-corrected chi connectivity index (χ4v) is 6.21. The maximum absolute atomic E-state index is 6.32. The molecule has 9 aromatic rings. The quantitative estimate of drug-likeness (QED) is 0.209. The standard InChI is InChI=1S/C40H24N4O/c1-3-10-25(11-4-1)38-42-39(26-12-5-2-6-13-26)44-40(43-38)32-17-7-14-27-22-28(19-20-30(27)32)31-16-8-18-35-37(31)33-23-29-15-9-21-41-34(29)24-36(33)45-35/h1-24H. The fraction of sp³-hybridized carbons (Fsp3) is 0. The van der Waals surface area contributed by atoms with Crippen LogP contribution in [0.3, 0.4) is 0 Å². The Labute approximate surface area is 258 Å². The maximum Gasteiger partial charge on any atom is 0.164 e. The van der Waals surface area contributed by atoms with Crippen LogP contribution in [0.15, 0.2) is 150 Å².